The molecule has 0 aromatic heterocycles. The van der Waals surface area contributed by atoms with E-state index in [-0.39, 0.29) is 101 Å². The number of hydrogen-bond donors (Lipinski definition) is 0. The number of anilines is 3. The summed E-state index contributed by atoms with van der Waals surface area (Å²) in [5.74, 6) is -2.30. The number of fused-ring (bicyclic) bond motifs is 6. The van der Waals surface area contributed by atoms with Gasteiger partial charge in [0.25, 0.3) is 0 Å². The summed E-state index contributed by atoms with van der Waals surface area (Å²) in [5.41, 5.74) is 2.80. The molecule has 0 fully saturated rings. The average Bonchev–Trinajstić information content (AvgIpc) is 3.15. The van der Waals surface area contributed by atoms with Crippen LogP contribution in [-0.4, -0.2) is 34.7 Å². The van der Waals surface area contributed by atoms with Gasteiger partial charge >= 0.3 is 0 Å². The van der Waals surface area contributed by atoms with Crippen LogP contribution in [-0.2, 0) is 0 Å². The monoisotopic (exact) mass is 635 g/mol. The van der Waals surface area contributed by atoms with Crippen LogP contribution in [0.3, 0.4) is 0 Å². The van der Waals surface area contributed by atoms with Crippen molar-refractivity contribution in [3.63, 3.8) is 0 Å². The summed E-state index contributed by atoms with van der Waals surface area (Å²) in [6, 6.07) is 34.3. The maximum Gasteiger partial charge on any atom is 0.196 e. The van der Waals surface area contributed by atoms with Crippen molar-refractivity contribution in [1.82, 2.24) is 0 Å². The second kappa shape index (κ2) is 10.3. The molecule has 0 N–H and O–H groups in total. The highest BCUT2D eigenvalue weighted by atomic mass is 16.2. The molecule has 3 aliphatic rings. The van der Waals surface area contributed by atoms with Gasteiger partial charge in [0, 0.05) is 50.1 Å². The molecule has 230 valence electrons. The second-order valence-corrected chi connectivity index (χ2v) is 12.0. The summed E-state index contributed by atoms with van der Waals surface area (Å²) in [6.45, 7) is 0. The first-order valence-electron chi connectivity index (χ1n) is 15.6. The highest BCUT2D eigenvalue weighted by molar-refractivity contribution is 6.34. The molecular formula is C42H21NO6. The van der Waals surface area contributed by atoms with E-state index < -0.39 is 17.3 Å². The number of hydrogen-bond acceptors (Lipinski definition) is 7. The fraction of sp³-hybridized carbons (Fsp3) is 0. The minimum atomic E-state index is -0.416. The molecule has 0 saturated carbocycles. The quantitative estimate of drug-likeness (QED) is 0.198. The molecule has 49 heavy (non-hydrogen) atoms. The topological polar surface area (TPSA) is 106 Å². The van der Waals surface area contributed by atoms with Crippen molar-refractivity contribution in [2.75, 3.05) is 4.90 Å². The highest BCUT2D eigenvalue weighted by Crippen LogP contribution is 2.47. The van der Waals surface area contributed by atoms with Crippen molar-refractivity contribution >= 4 is 51.8 Å². The Morgan fingerprint density at radius 3 is 0.735 bits per heavy atom. The molecule has 0 atom stereocenters. The largest absolute Gasteiger partial charge is 0.308 e. The van der Waals surface area contributed by atoms with Gasteiger partial charge in [0.2, 0.25) is 0 Å². The Labute approximate surface area is 279 Å². The Balaban J connectivity index is 1.38. The van der Waals surface area contributed by atoms with Gasteiger partial charge in [-0.2, -0.15) is 0 Å². The number of nitrogens with zero attached hydrogens (tertiary/aromatic N) is 1. The van der Waals surface area contributed by atoms with Crippen LogP contribution in [0.15, 0.2) is 127 Å². The van der Waals surface area contributed by atoms with Gasteiger partial charge < -0.3 is 4.90 Å². The lowest BCUT2D eigenvalue weighted by Crippen LogP contribution is -2.29. The highest BCUT2D eigenvalue weighted by Gasteiger charge is 2.40. The summed E-state index contributed by atoms with van der Waals surface area (Å²) in [7, 11) is 0. The van der Waals surface area contributed by atoms with Gasteiger partial charge in [0.05, 0.1) is 33.8 Å². The maximum absolute atomic E-state index is 14.4. The summed E-state index contributed by atoms with van der Waals surface area (Å²) >= 11 is 0. The molecule has 6 aromatic carbocycles. The van der Waals surface area contributed by atoms with Crippen LogP contribution >= 0.6 is 0 Å². The van der Waals surface area contributed by atoms with Gasteiger partial charge in [0.15, 0.2) is 34.7 Å². The van der Waals surface area contributed by atoms with Crippen molar-refractivity contribution in [3.8, 4) is 0 Å². The predicted octanol–water partition coefficient (Wildman–Crippen LogP) is 7.48. The normalized spacial score (nSPS) is 14.0. The molecule has 0 amide bonds. The van der Waals surface area contributed by atoms with Crippen molar-refractivity contribution in [2.24, 2.45) is 0 Å². The van der Waals surface area contributed by atoms with E-state index in [0.717, 1.165) is 0 Å². The smallest absolute Gasteiger partial charge is 0.196 e. The molecule has 7 heteroatoms. The van der Waals surface area contributed by atoms with Gasteiger partial charge in [-0.1, -0.05) is 109 Å². The molecule has 3 aliphatic carbocycles. The molecule has 0 unspecified atom stereocenters. The van der Waals surface area contributed by atoms with Crippen molar-refractivity contribution in [3.05, 3.63) is 194 Å². The first kappa shape index (κ1) is 28.4. The minimum Gasteiger partial charge on any atom is -0.308 e. The zero-order valence-corrected chi connectivity index (χ0v) is 25.5. The number of ketones is 6. The van der Waals surface area contributed by atoms with Crippen molar-refractivity contribution < 1.29 is 28.8 Å². The number of carbonyl (C=O) groups is 6. The van der Waals surface area contributed by atoms with Crippen LogP contribution in [0.5, 0.6) is 0 Å². The molecule has 0 heterocycles. The standard InChI is InChI=1S/C42H21NO6/c44-37-22-10-1-4-13-25(22)40(47)34-28(37)16-7-19-31(34)43(32-20-8-17-29-35(32)41(48)26-14-5-2-11-23(26)38(29)45)33-21-9-18-30-36(33)42(49)27-15-6-3-12-24(27)39(30)46/h1-21H. The maximum atomic E-state index is 14.4. The van der Waals surface area contributed by atoms with Crippen LogP contribution in [0.2, 0.25) is 0 Å². The third kappa shape index (κ3) is 3.84. The van der Waals surface area contributed by atoms with E-state index >= 15 is 0 Å². The van der Waals surface area contributed by atoms with Crippen LogP contribution in [0.4, 0.5) is 17.1 Å². The molecule has 0 aliphatic heterocycles. The van der Waals surface area contributed by atoms with Gasteiger partial charge in [-0.3, -0.25) is 28.8 Å². The van der Waals surface area contributed by atoms with E-state index in [1.165, 1.54) is 0 Å². The van der Waals surface area contributed by atoms with Crippen LogP contribution in [0.25, 0.3) is 0 Å². The molecule has 0 spiro atoms. The van der Waals surface area contributed by atoms with Gasteiger partial charge in [-0.15, -0.1) is 0 Å². The van der Waals surface area contributed by atoms with Crippen LogP contribution in [0.1, 0.15) is 95.5 Å². The Bertz CT molecular complexity index is 2290. The predicted molar refractivity (Wildman–Crippen MR) is 181 cm³/mol. The minimum absolute atomic E-state index is 0.0753. The van der Waals surface area contributed by atoms with E-state index in [1.54, 1.807) is 132 Å². The summed E-state index contributed by atoms with van der Waals surface area (Å²) in [6.07, 6.45) is 0. The second-order valence-electron chi connectivity index (χ2n) is 12.0. The van der Waals surface area contributed by atoms with E-state index in [9.17, 15) is 28.8 Å². The van der Waals surface area contributed by atoms with Crippen LogP contribution < -0.4 is 4.90 Å². The van der Waals surface area contributed by atoms with Crippen molar-refractivity contribution in [2.45, 2.75) is 0 Å². The fourth-order valence-corrected chi connectivity index (χ4v) is 7.33. The summed E-state index contributed by atoms with van der Waals surface area (Å²) in [5, 5.41) is 0. The third-order valence-electron chi connectivity index (χ3n) is 9.51. The van der Waals surface area contributed by atoms with Gasteiger partial charge in [-0.05, 0) is 18.2 Å². The Kier molecular flexibility index (Phi) is 5.98. The number of carbonyl (C=O) groups excluding carboxylic acids is 6. The van der Waals surface area contributed by atoms with E-state index in [4.69, 9.17) is 0 Å². The van der Waals surface area contributed by atoms with Crippen LogP contribution in [0, 0.1) is 0 Å². The first-order chi connectivity index (χ1) is 23.9. The molecule has 9 rings (SSSR count). The zero-order valence-electron chi connectivity index (χ0n) is 25.5. The Morgan fingerprint density at radius 1 is 0.245 bits per heavy atom. The summed E-state index contributed by atoms with van der Waals surface area (Å²) < 4.78 is 0. The molecule has 7 nitrogen and oxygen atoms in total. The first-order valence-corrected chi connectivity index (χ1v) is 15.6. The summed E-state index contributed by atoms with van der Waals surface area (Å²) in [4.78, 5) is 86.2. The zero-order chi connectivity index (χ0) is 33.6. The average molecular weight is 636 g/mol. The molecule has 0 bridgehead atoms. The number of benzene rings is 6. The van der Waals surface area contributed by atoms with Crippen molar-refractivity contribution in [1.29, 1.82) is 0 Å². The van der Waals surface area contributed by atoms with E-state index in [1.807, 2.05) is 0 Å². The lowest BCUT2D eigenvalue weighted by molar-refractivity contribution is 0.0978. The lowest BCUT2D eigenvalue weighted by Gasteiger charge is -2.34. The molecular weight excluding hydrogens is 614 g/mol. The Morgan fingerprint density at radius 2 is 0.469 bits per heavy atom. The molecule has 0 saturated heterocycles. The SMILES string of the molecule is O=C1c2ccccc2C(=O)c2c1cccc2N(c1cccc2c1C(=O)c1ccccc1C2=O)c1cccc2c1C(=O)c1ccccc1C2=O. The van der Waals surface area contributed by atoms with Gasteiger partial charge in [-0.25, -0.2) is 0 Å². The fourth-order valence-electron chi connectivity index (χ4n) is 7.33. The number of rotatable bonds is 3. The Hall–Kier alpha value is -6.86. The third-order valence-corrected chi connectivity index (χ3v) is 9.51. The lowest BCUT2D eigenvalue weighted by atomic mass is 9.80. The van der Waals surface area contributed by atoms with E-state index in [2.05, 4.69) is 0 Å². The molecule has 0 radical (unpaired) electrons. The molecule has 6 aromatic rings. The van der Waals surface area contributed by atoms with Gasteiger partial charge in [0.1, 0.15) is 0 Å². The van der Waals surface area contributed by atoms with E-state index in [0.29, 0.717) is 0 Å².